The average molecular weight is 354 g/mol. The minimum absolute atomic E-state index is 0.00963. The van der Waals surface area contributed by atoms with E-state index >= 15 is 0 Å². The first kappa shape index (κ1) is 18.3. The van der Waals surface area contributed by atoms with Gasteiger partial charge in [0.2, 0.25) is 5.91 Å². The van der Waals surface area contributed by atoms with Gasteiger partial charge in [0.1, 0.15) is 12.1 Å². The molecular weight excluding hydrogens is 328 g/mol. The highest BCUT2D eigenvalue weighted by atomic mass is 16.3. The van der Waals surface area contributed by atoms with E-state index in [1.807, 2.05) is 32.4 Å². The lowest BCUT2D eigenvalue weighted by molar-refractivity contribution is -0.122. The number of hydrogen-bond donors (Lipinski definition) is 2. The van der Waals surface area contributed by atoms with Gasteiger partial charge in [-0.1, -0.05) is 12.1 Å². The number of benzene rings is 1. The summed E-state index contributed by atoms with van der Waals surface area (Å²) in [6.45, 7) is 0. The van der Waals surface area contributed by atoms with Crippen LogP contribution in [0.3, 0.4) is 0 Å². The molecule has 3 rings (SSSR count). The number of fused-ring (bicyclic) bond motifs is 1. The first-order valence-electron chi connectivity index (χ1n) is 9.05. The van der Waals surface area contributed by atoms with Crippen LogP contribution in [0.25, 0.3) is 0 Å². The number of likely N-dealkylation sites (N-methyl/N-ethyl adjacent to an activating group) is 1. The lowest BCUT2D eigenvalue weighted by Crippen LogP contribution is -2.33. The van der Waals surface area contributed by atoms with Gasteiger partial charge in [-0.15, -0.1) is 0 Å². The highest BCUT2D eigenvalue weighted by Crippen LogP contribution is 2.28. The van der Waals surface area contributed by atoms with Crippen LogP contribution in [0.2, 0.25) is 0 Å². The zero-order chi connectivity index (χ0) is 18.5. The molecule has 1 aliphatic carbocycles. The summed E-state index contributed by atoms with van der Waals surface area (Å²) >= 11 is 0. The molecule has 0 fully saturated rings. The maximum absolute atomic E-state index is 12.4. The van der Waals surface area contributed by atoms with E-state index in [4.69, 9.17) is 0 Å². The van der Waals surface area contributed by atoms with Crippen LogP contribution in [0.5, 0.6) is 5.75 Å². The largest absolute Gasteiger partial charge is 0.508 e. The van der Waals surface area contributed by atoms with E-state index in [9.17, 15) is 9.90 Å². The van der Waals surface area contributed by atoms with Crippen LogP contribution >= 0.6 is 0 Å². The summed E-state index contributed by atoms with van der Waals surface area (Å²) in [6, 6.07) is 7.55. The van der Waals surface area contributed by atoms with Gasteiger partial charge in [-0.2, -0.15) is 0 Å². The Balaban J connectivity index is 1.52. The zero-order valence-corrected chi connectivity index (χ0v) is 15.4. The first-order valence-corrected chi connectivity index (χ1v) is 9.05. The van der Waals surface area contributed by atoms with Gasteiger partial charge >= 0.3 is 0 Å². The van der Waals surface area contributed by atoms with Crippen LogP contribution in [0.15, 0.2) is 36.8 Å². The third-order valence-corrected chi connectivity index (χ3v) is 5.03. The number of phenolic OH excluding ortho intramolecular Hbond substituents is 1. The van der Waals surface area contributed by atoms with E-state index in [1.165, 1.54) is 0 Å². The second-order valence-electron chi connectivity index (χ2n) is 7.12. The fraction of sp³-hybridized carbons (Fsp3) is 0.450. The van der Waals surface area contributed by atoms with Crippen LogP contribution in [0, 0.1) is 0 Å². The van der Waals surface area contributed by atoms with Crippen molar-refractivity contribution < 1.29 is 9.90 Å². The van der Waals surface area contributed by atoms with Crippen molar-refractivity contribution in [2.24, 2.45) is 0 Å². The second-order valence-corrected chi connectivity index (χ2v) is 7.12. The molecule has 1 amide bonds. The molecule has 2 atom stereocenters. The van der Waals surface area contributed by atoms with Gasteiger partial charge in [-0.25, -0.2) is 9.97 Å². The molecule has 6 nitrogen and oxygen atoms in total. The molecule has 1 unspecified atom stereocenters. The standard InChI is InChI=1S/C20H26N4O2/c1-24(2)16(11-14-3-7-17(25)8-4-14)6-10-19(26)23-18-9-5-15-12-21-13-22-20(15)18/h3-4,7-8,12-13,16,18,25H,5-6,9-11H2,1-2H3,(H,23,26)/t16-,18?/m1/s1. The Morgan fingerprint density at radius 3 is 2.85 bits per heavy atom. The number of aromatic hydroxyl groups is 1. The highest BCUT2D eigenvalue weighted by Gasteiger charge is 2.25. The third-order valence-electron chi connectivity index (χ3n) is 5.03. The SMILES string of the molecule is CN(C)[C@H](CCC(=O)NC1CCc2cncnc21)Cc1ccc(O)cc1. The van der Waals surface area contributed by atoms with Crippen molar-refractivity contribution in [3.8, 4) is 5.75 Å². The number of carbonyl (C=O) groups excluding carboxylic acids is 1. The predicted octanol–water partition coefficient (Wildman–Crippen LogP) is 2.24. The number of carbonyl (C=O) groups is 1. The lowest BCUT2D eigenvalue weighted by atomic mass is 10.0. The molecule has 6 heteroatoms. The van der Waals surface area contributed by atoms with Gasteiger partial charge in [0.05, 0.1) is 11.7 Å². The maximum Gasteiger partial charge on any atom is 0.220 e. The summed E-state index contributed by atoms with van der Waals surface area (Å²) in [5.41, 5.74) is 3.25. The molecule has 26 heavy (non-hydrogen) atoms. The molecule has 2 aromatic rings. The van der Waals surface area contributed by atoms with Gasteiger partial charge in [0, 0.05) is 18.7 Å². The van der Waals surface area contributed by atoms with Gasteiger partial charge in [0.25, 0.3) is 0 Å². The summed E-state index contributed by atoms with van der Waals surface area (Å²) in [6.07, 6.45) is 7.31. The summed E-state index contributed by atoms with van der Waals surface area (Å²) < 4.78 is 0. The van der Waals surface area contributed by atoms with Crippen LogP contribution in [-0.2, 0) is 17.6 Å². The number of phenols is 1. The number of hydrogen-bond acceptors (Lipinski definition) is 5. The Morgan fingerprint density at radius 1 is 1.35 bits per heavy atom. The Kier molecular flexibility index (Phi) is 5.83. The first-order chi connectivity index (χ1) is 12.5. The number of aromatic nitrogens is 2. The molecule has 1 heterocycles. The number of nitrogens with zero attached hydrogens (tertiary/aromatic N) is 3. The molecule has 1 aromatic carbocycles. The molecule has 0 spiro atoms. The molecule has 138 valence electrons. The van der Waals surface area contributed by atoms with Crippen LogP contribution in [-0.4, -0.2) is 46.0 Å². The zero-order valence-electron chi connectivity index (χ0n) is 15.4. The predicted molar refractivity (Wildman–Crippen MR) is 99.8 cm³/mol. The van der Waals surface area contributed by atoms with E-state index in [0.717, 1.165) is 42.5 Å². The maximum atomic E-state index is 12.4. The molecule has 1 aromatic heterocycles. The number of aryl methyl sites for hydroxylation is 1. The van der Waals surface area contributed by atoms with Crippen molar-refractivity contribution in [2.45, 2.75) is 44.2 Å². The van der Waals surface area contributed by atoms with Crippen molar-refractivity contribution in [3.05, 3.63) is 53.6 Å². The fourth-order valence-electron chi connectivity index (χ4n) is 3.46. The molecule has 0 saturated carbocycles. The molecule has 0 saturated heterocycles. The molecule has 0 aliphatic heterocycles. The summed E-state index contributed by atoms with van der Waals surface area (Å²) in [7, 11) is 4.07. The van der Waals surface area contributed by atoms with Gasteiger partial charge in [-0.3, -0.25) is 4.79 Å². The topological polar surface area (TPSA) is 78.4 Å². The van der Waals surface area contributed by atoms with Crippen molar-refractivity contribution >= 4 is 5.91 Å². The average Bonchev–Trinajstić information content (AvgIpc) is 3.03. The smallest absolute Gasteiger partial charge is 0.220 e. The Labute approximate surface area is 154 Å². The van der Waals surface area contributed by atoms with E-state index in [1.54, 1.807) is 18.5 Å². The highest BCUT2D eigenvalue weighted by molar-refractivity contribution is 5.76. The minimum Gasteiger partial charge on any atom is -0.508 e. The number of amides is 1. The van der Waals surface area contributed by atoms with Crippen molar-refractivity contribution in [1.82, 2.24) is 20.2 Å². The van der Waals surface area contributed by atoms with Gasteiger partial charge < -0.3 is 15.3 Å². The number of rotatable bonds is 7. The van der Waals surface area contributed by atoms with Crippen LogP contribution in [0.4, 0.5) is 0 Å². The summed E-state index contributed by atoms with van der Waals surface area (Å²) in [5, 5.41) is 12.5. The van der Waals surface area contributed by atoms with Gasteiger partial charge in [-0.05, 0) is 63.0 Å². The Bertz CT molecular complexity index is 746. The molecule has 1 aliphatic rings. The van der Waals surface area contributed by atoms with Crippen molar-refractivity contribution in [3.63, 3.8) is 0 Å². The second kappa shape index (κ2) is 8.27. The molecule has 0 radical (unpaired) electrons. The Hall–Kier alpha value is -2.47. The van der Waals surface area contributed by atoms with Crippen molar-refractivity contribution in [2.75, 3.05) is 14.1 Å². The number of nitrogens with one attached hydrogen (secondary N) is 1. The lowest BCUT2D eigenvalue weighted by Gasteiger charge is -2.24. The summed E-state index contributed by atoms with van der Waals surface area (Å²) in [4.78, 5) is 23.0. The normalized spacial score (nSPS) is 17.1. The van der Waals surface area contributed by atoms with E-state index < -0.39 is 0 Å². The van der Waals surface area contributed by atoms with Gasteiger partial charge in [0.15, 0.2) is 0 Å². The molecular formula is C20H26N4O2. The van der Waals surface area contributed by atoms with Crippen molar-refractivity contribution in [1.29, 1.82) is 0 Å². The molecule has 2 N–H and O–H groups in total. The van der Waals surface area contributed by atoms with E-state index in [2.05, 4.69) is 20.2 Å². The minimum atomic E-state index is 0.00963. The monoisotopic (exact) mass is 354 g/mol. The molecule has 0 bridgehead atoms. The van der Waals surface area contributed by atoms with Crippen LogP contribution < -0.4 is 5.32 Å². The fourth-order valence-corrected chi connectivity index (χ4v) is 3.46. The third kappa shape index (κ3) is 4.58. The quantitative estimate of drug-likeness (QED) is 0.797. The van der Waals surface area contributed by atoms with Crippen LogP contribution in [0.1, 0.15) is 42.1 Å². The Morgan fingerprint density at radius 2 is 2.12 bits per heavy atom. The summed E-state index contributed by atoms with van der Waals surface area (Å²) in [5.74, 6) is 0.342. The van der Waals surface area contributed by atoms with E-state index in [-0.39, 0.29) is 23.7 Å². The van der Waals surface area contributed by atoms with E-state index in [0.29, 0.717) is 6.42 Å².